The quantitative estimate of drug-likeness (QED) is 0.717. The predicted molar refractivity (Wildman–Crippen MR) is 95.0 cm³/mol. The number of rotatable bonds is 5. The molecule has 9 heteroatoms. The molecule has 0 radical (unpaired) electrons. The molecule has 140 valence electrons. The van der Waals surface area contributed by atoms with Crippen LogP contribution in [0.1, 0.15) is 40.5 Å². The number of nitrogens with zero attached hydrogens (tertiary/aromatic N) is 1. The minimum absolute atomic E-state index is 0.0722. The van der Waals surface area contributed by atoms with Crippen LogP contribution in [0.15, 0.2) is 0 Å². The van der Waals surface area contributed by atoms with Crippen LogP contribution in [0, 0.1) is 5.41 Å². The number of carboxylic acids is 1. The summed E-state index contributed by atoms with van der Waals surface area (Å²) in [7, 11) is -0.298. The number of thioether (sulfide) groups is 1. The lowest BCUT2D eigenvalue weighted by Crippen LogP contribution is -2.54. The monoisotopic (exact) mass is 371 g/mol. The van der Waals surface area contributed by atoms with E-state index in [4.69, 9.17) is 9.31 Å². The second-order valence-electron chi connectivity index (χ2n) is 8.29. The number of fused-ring (bicyclic) bond motifs is 1. The highest BCUT2D eigenvalue weighted by molar-refractivity contribution is 8.01. The second kappa shape index (κ2) is 6.06. The molecule has 3 aliphatic rings. The van der Waals surface area contributed by atoms with Crippen molar-refractivity contribution < 1.29 is 29.1 Å². The summed E-state index contributed by atoms with van der Waals surface area (Å²) in [5, 5.41) is 19.0. The summed E-state index contributed by atoms with van der Waals surface area (Å²) in [6.45, 7) is 8.32. The van der Waals surface area contributed by atoms with E-state index in [0.29, 0.717) is 25.0 Å². The lowest BCUT2D eigenvalue weighted by molar-refractivity contribution is -0.145. The van der Waals surface area contributed by atoms with E-state index in [-0.39, 0.29) is 23.6 Å². The maximum absolute atomic E-state index is 11.7. The molecule has 2 N–H and O–H groups in total. The zero-order chi connectivity index (χ0) is 18.6. The topological polar surface area (TPSA) is 96.3 Å². The first-order valence-corrected chi connectivity index (χ1v) is 9.75. The molecule has 0 saturated carbocycles. The van der Waals surface area contributed by atoms with Gasteiger partial charge in [0, 0.05) is 23.0 Å². The number of carbonyl (C=O) groups is 2. The van der Waals surface area contributed by atoms with Gasteiger partial charge in [0.05, 0.1) is 11.2 Å². The molecule has 3 atom stereocenters. The third kappa shape index (κ3) is 2.94. The summed E-state index contributed by atoms with van der Waals surface area (Å²) in [6.07, 6.45) is 0.971. The molecule has 3 heterocycles. The van der Waals surface area contributed by atoms with Crippen LogP contribution in [0.5, 0.6) is 0 Å². The molecule has 0 aromatic heterocycles. The van der Waals surface area contributed by atoms with Crippen LogP contribution in [-0.2, 0) is 14.1 Å². The van der Waals surface area contributed by atoms with E-state index in [9.17, 15) is 19.8 Å². The van der Waals surface area contributed by atoms with Gasteiger partial charge in [0.1, 0.15) is 6.04 Å². The Morgan fingerprint density at radius 1 is 1.20 bits per heavy atom. The molecular weight excluding hydrogens is 345 g/mol. The van der Waals surface area contributed by atoms with Crippen molar-refractivity contribution in [2.45, 2.75) is 69.4 Å². The van der Waals surface area contributed by atoms with Gasteiger partial charge in [-0.05, 0) is 40.4 Å². The Morgan fingerprint density at radius 3 is 2.24 bits per heavy atom. The Kier molecular flexibility index (Phi) is 4.57. The van der Waals surface area contributed by atoms with Crippen molar-refractivity contribution in [3.05, 3.63) is 0 Å². The lowest BCUT2D eigenvalue weighted by atomic mass is 9.72. The van der Waals surface area contributed by atoms with E-state index in [1.165, 1.54) is 0 Å². The van der Waals surface area contributed by atoms with Crippen molar-refractivity contribution in [2.24, 2.45) is 5.41 Å². The third-order valence-electron chi connectivity index (χ3n) is 6.28. The number of hydrogen-bond acceptors (Lipinski definition) is 5. The van der Waals surface area contributed by atoms with Gasteiger partial charge in [0.15, 0.2) is 0 Å². The van der Waals surface area contributed by atoms with Crippen LogP contribution in [0.25, 0.3) is 0 Å². The minimum Gasteiger partial charge on any atom is -0.480 e. The zero-order valence-corrected chi connectivity index (χ0v) is 16.0. The van der Waals surface area contributed by atoms with Gasteiger partial charge in [-0.1, -0.05) is 6.42 Å². The highest BCUT2D eigenvalue weighted by Gasteiger charge is 2.64. The molecule has 7 nitrogen and oxygen atoms in total. The number of aliphatic carboxylic acids is 1. The fourth-order valence-electron chi connectivity index (χ4n) is 4.12. The molecule has 0 unspecified atom stereocenters. The van der Waals surface area contributed by atoms with E-state index in [1.54, 1.807) is 11.8 Å². The van der Waals surface area contributed by atoms with Gasteiger partial charge >= 0.3 is 19.2 Å². The van der Waals surface area contributed by atoms with E-state index in [0.717, 1.165) is 11.3 Å². The summed E-state index contributed by atoms with van der Waals surface area (Å²) in [4.78, 5) is 24.3. The van der Waals surface area contributed by atoms with Gasteiger partial charge in [-0.25, -0.2) is 9.59 Å². The summed E-state index contributed by atoms with van der Waals surface area (Å²) in [6, 6.07) is -0.949. The first-order chi connectivity index (χ1) is 11.5. The highest BCUT2D eigenvalue weighted by atomic mass is 32.2. The Morgan fingerprint density at radius 2 is 1.80 bits per heavy atom. The molecule has 25 heavy (non-hydrogen) atoms. The van der Waals surface area contributed by atoms with Gasteiger partial charge < -0.3 is 19.5 Å². The normalized spacial score (nSPS) is 35.4. The molecule has 0 aromatic carbocycles. The average molecular weight is 371 g/mol. The van der Waals surface area contributed by atoms with Crippen molar-refractivity contribution in [2.75, 3.05) is 12.3 Å². The maximum Gasteiger partial charge on any atom is 0.457 e. The van der Waals surface area contributed by atoms with Crippen molar-refractivity contribution in [3.8, 4) is 0 Å². The van der Waals surface area contributed by atoms with Crippen LogP contribution >= 0.6 is 11.8 Å². The Hall–Kier alpha value is -0.925. The number of carboxylic acid groups (broad SMARTS) is 2. The largest absolute Gasteiger partial charge is 0.480 e. The van der Waals surface area contributed by atoms with Crippen molar-refractivity contribution in [1.82, 2.24) is 4.90 Å². The summed E-state index contributed by atoms with van der Waals surface area (Å²) >= 11 is 1.67. The molecule has 3 saturated heterocycles. The summed E-state index contributed by atoms with van der Waals surface area (Å²) < 4.78 is 12.0. The van der Waals surface area contributed by atoms with Gasteiger partial charge in [-0.3, -0.25) is 4.90 Å². The Labute approximate surface area is 152 Å². The summed E-state index contributed by atoms with van der Waals surface area (Å²) in [5.41, 5.74) is -1.21. The molecule has 0 aromatic rings. The lowest BCUT2D eigenvalue weighted by Gasteiger charge is -2.46. The number of likely N-dealkylation sites (tertiary alicyclic amines) is 1. The van der Waals surface area contributed by atoms with Crippen LogP contribution in [-0.4, -0.2) is 69.1 Å². The molecule has 0 spiro atoms. The minimum atomic E-state index is -1.15. The third-order valence-corrected chi connectivity index (χ3v) is 8.00. The van der Waals surface area contributed by atoms with E-state index < -0.39 is 23.5 Å². The van der Waals surface area contributed by atoms with Crippen molar-refractivity contribution >= 4 is 30.9 Å². The molecular formula is C16H26BNO6S. The van der Waals surface area contributed by atoms with Crippen LogP contribution < -0.4 is 0 Å². The zero-order valence-electron chi connectivity index (χ0n) is 15.2. The second-order valence-corrected chi connectivity index (χ2v) is 9.48. The van der Waals surface area contributed by atoms with Crippen LogP contribution in [0.2, 0.25) is 6.32 Å². The molecule has 3 rings (SSSR count). The molecule has 3 aliphatic heterocycles. The van der Waals surface area contributed by atoms with Crippen LogP contribution in [0.3, 0.4) is 0 Å². The molecule has 3 fully saturated rings. The first kappa shape index (κ1) is 18.9. The van der Waals surface area contributed by atoms with E-state index in [1.807, 2.05) is 27.7 Å². The SMILES string of the molecule is CC1(C)OB(CCC[C@]23CS[C@H]2CN(C(=O)O)[C@@H]3C(=O)O)OC1(C)C. The van der Waals surface area contributed by atoms with Gasteiger partial charge in [-0.15, -0.1) is 0 Å². The average Bonchev–Trinajstić information content (AvgIpc) is 2.79. The fourth-order valence-corrected chi connectivity index (χ4v) is 5.76. The number of hydrogen-bond donors (Lipinski definition) is 2. The highest BCUT2D eigenvalue weighted by Crippen LogP contribution is 2.57. The standard InChI is InChI=1S/C16H26BNO6S/c1-14(2)15(3,4)24-17(23-14)7-5-6-16-9-25-10(16)8-18(13(21)22)11(16)12(19)20/h10-11H,5-9H2,1-4H3,(H,19,20)(H,21,22)/t10-,11+,16-/m0/s1. The Bertz CT molecular complexity index is 569. The van der Waals surface area contributed by atoms with E-state index in [2.05, 4.69) is 0 Å². The predicted octanol–water partition coefficient (Wildman–Crippen LogP) is 2.41. The van der Waals surface area contributed by atoms with E-state index >= 15 is 0 Å². The molecule has 0 bridgehead atoms. The molecule has 0 aliphatic carbocycles. The van der Waals surface area contributed by atoms with Gasteiger partial charge in [0.25, 0.3) is 0 Å². The smallest absolute Gasteiger partial charge is 0.457 e. The van der Waals surface area contributed by atoms with Crippen molar-refractivity contribution in [3.63, 3.8) is 0 Å². The Balaban J connectivity index is 1.63. The van der Waals surface area contributed by atoms with Crippen molar-refractivity contribution in [1.29, 1.82) is 0 Å². The van der Waals surface area contributed by atoms with Crippen LogP contribution in [0.4, 0.5) is 4.79 Å². The maximum atomic E-state index is 11.7. The molecule has 1 amide bonds. The first-order valence-electron chi connectivity index (χ1n) is 8.70. The fraction of sp³-hybridized carbons (Fsp3) is 0.875. The van der Waals surface area contributed by atoms with Gasteiger partial charge in [-0.2, -0.15) is 11.8 Å². The summed E-state index contributed by atoms with van der Waals surface area (Å²) in [5.74, 6) is -0.345. The van der Waals surface area contributed by atoms with Gasteiger partial charge in [0.2, 0.25) is 0 Å². The number of amides is 1.